The van der Waals surface area contributed by atoms with Crippen LogP contribution in [0.25, 0.3) is 0 Å². The maximum absolute atomic E-state index is 13.1. The predicted molar refractivity (Wildman–Crippen MR) is 96.0 cm³/mol. The third-order valence-corrected chi connectivity index (χ3v) is 4.88. The number of Topliss-reactive ketones (excluding diaryl/α,β-unsaturated/α-hetero) is 1. The normalized spacial score (nSPS) is 19.8. The lowest BCUT2D eigenvalue weighted by Crippen LogP contribution is -2.42. The van der Waals surface area contributed by atoms with Crippen LogP contribution in [0, 0.1) is 0 Å². The van der Waals surface area contributed by atoms with Gasteiger partial charge in [-0.3, -0.25) is 14.5 Å². The molecule has 1 aliphatic rings. The average molecular weight is 352 g/mol. The quantitative estimate of drug-likeness (QED) is 0.613. The van der Waals surface area contributed by atoms with E-state index in [0.29, 0.717) is 16.9 Å². The van der Waals surface area contributed by atoms with Gasteiger partial charge in [-0.05, 0) is 13.0 Å². The van der Waals surface area contributed by atoms with Crippen LogP contribution in [0.5, 0.6) is 5.75 Å². The number of likely N-dealkylation sites (N-methyl/N-ethyl adjacent to an activating group) is 1. The Morgan fingerprint density at radius 1 is 1.04 bits per heavy atom. The number of carbonyl (C=O) groups excluding carboxylic acids is 3. The highest BCUT2D eigenvalue weighted by atomic mass is 16.5. The van der Waals surface area contributed by atoms with Crippen molar-refractivity contribution in [3.05, 3.63) is 65.7 Å². The molecule has 1 heterocycles. The first-order chi connectivity index (χ1) is 12.4. The van der Waals surface area contributed by atoms with Crippen molar-refractivity contribution in [2.24, 2.45) is 0 Å². The minimum atomic E-state index is -1.24. The maximum atomic E-state index is 13.1. The van der Waals surface area contributed by atoms with Crippen molar-refractivity contribution in [3.8, 4) is 5.75 Å². The summed E-state index contributed by atoms with van der Waals surface area (Å²) >= 11 is 0. The highest BCUT2D eigenvalue weighted by Crippen LogP contribution is 2.40. The van der Waals surface area contributed by atoms with Crippen LogP contribution in [0.15, 0.2) is 54.6 Å². The van der Waals surface area contributed by atoms with E-state index in [4.69, 9.17) is 4.74 Å². The van der Waals surface area contributed by atoms with Gasteiger partial charge in [0.05, 0.1) is 13.7 Å². The third-order valence-electron chi connectivity index (χ3n) is 4.88. The van der Waals surface area contributed by atoms with E-state index in [1.54, 1.807) is 68.6 Å². The largest absolute Gasteiger partial charge is 0.496 e. The van der Waals surface area contributed by atoms with Crippen LogP contribution in [0.3, 0.4) is 0 Å². The number of ether oxygens (including phenoxy) is 1. The molecule has 3 rings (SSSR count). The number of ketones is 1. The molecule has 1 saturated heterocycles. The molecule has 1 atom stereocenters. The Bertz CT molecular complexity index is 865. The zero-order chi connectivity index (χ0) is 18.9. The number of methoxy groups -OCH3 is 1. The SMILES string of the molecule is COc1ccccc1C1(C)C(=O)N(CC(=O)c2ccccc2)C(=O)N1C. The number of amides is 3. The molecule has 6 heteroatoms. The zero-order valence-electron chi connectivity index (χ0n) is 14.9. The second-order valence-corrected chi connectivity index (χ2v) is 6.29. The molecule has 6 nitrogen and oxygen atoms in total. The molecule has 0 N–H and O–H groups in total. The highest BCUT2D eigenvalue weighted by molar-refractivity contribution is 6.11. The fourth-order valence-corrected chi connectivity index (χ4v) is 3.21. The number of benzene rings is 2. The second kappa shape index (κ2) is 6.63. The lowest BCUT2D eigenvalue weighted by atomic mass is 9.90. The Morgan fingerprint density at radius 2 is 1.65 bits per heavy atom. The molecule has 134 valence electrons. The summed E-state index contributed by atoms with van der Waals surface area (Å²) in [5, 5.41) is 0. The van der Waals surface area contributed by atoms with Crippen LogP contribution in [0.4, 0.5) is 4.79 Å². The average Bonchev–Trinajstić information content (AvgIpc) is 2.84. The standard InChI is InChI=1S/C20H20N2O4/c1-20(15-11-7-8-12-17(15)26-3)18(24)22(19(25)21(20)2)13-16(23)14-9-5-4-6-10-14/h4-12H,13H2,1-3H3. The Hall–Kier alpha value is -3.15. The number of hydrogen-bond acceptors (Lipinski definition) is 4. The van der Waals surface area contributed by atoms with Gasteiger partial charge in [-0.25, -0.2) is 4.79 Å². The van der Waals surface area contributed by atoms with Crippen LogP contribution in [0.1, 0.15) is 22.8 Å². The number of para-hydroxylation sites is 1. The van der Waals surface area contributed by atoms with Gasteiger partial charge in [0.25, 0.3) is 5.91 Å². The summed E-state index contributed by atoms with van der Waals surface area (Å²) in [6, 6.07) is 15.2. The topological polar surface area (TPSA) is 66.9 Å². The van der Waals surface area contributed by atoms with E-state index in [9.17, 15) is 14.4 Å². The fourth-order valence-electron chi connectivity index (χ4n) is 3.21. The molecule has 26 heavy (non-hydrogen) atoms. The van der Waals surface area contributed by atoms with E-state index in [1.165, 1.54) is 12.0 Å². The summed E-state index contributed by atoms with van der Waals surface area (Å²) in [5.41, 5.74) is -0.194. The molecule has 0 radical (unpaired) electrons. The summed E-state index contributed by atoms with van der Waals surface area (Å²) in [6.07, 6.45) is 0. The van der Waals surface area contributed by atoms with Gasteiger partial charge >= 0.3 is 6.03 Å². The number of hydrogen-bond donors (Lipinski definition) is 0. The second-order valence-electron chi connectivity index (χ2n) is 6.29. The van der Waals surface area contributed by atoms with E-state index in [2.05, 4.69) is 0 Å². The molecule has 2 aromatic rings. The van der Waals surface area contributed by atoms with Crippen molar-refractivity contribution in [2.75, 3.05) is 20.7 Å². The maximum Gasteiger partial charge on any atom is 0.328 e. The first-order valence-corrected chi connectivity index (χ1v) is 8.22. The lowest BCUT2D eigenvalue weighted by molar-refractivity contribution is -0.132. The molecular weight excluding hydrogens is 332 g/mol. The van der Waals surface area contributed by atoms with E-state index in [-0.39, 0.29) is 12.3 Å². The number of urea groups is 1. The molecule has 2 aromatic carbocycles. The van der Waals surface area contributed by atoms with Gasteiger partial charge in [0.1, 0.15) is 11.3 Å². The summed E-state index contributed by atoms with van der Waals surface area (Å²) < 4.78 is 5.36. The molecular formula is C20H20N2O4. The molecule has 1 fully saturated rings. The van der Waals surface area contributed by atoms with Crippen molar-refractivity contribution in [3.63, 3.8) is 0 Å². The van der Waals surface area contributed by atoms with Gasteiger partial charge in [0.15, 0.2) is 5.78 Å². The van der Waals surface area contributed by atoms with Crippen LogP contribution < -0.4 is 4.74 Å². The van der Waals surface area contributed by atoms with Gasteiger partial charge in [0, 0.05) is 18.2 Å². The van der Waals surface area contributed by atoms with Gasteiger partial charge in [-0.15, -0.1) is 0 Å². The molecule has 3 amide bonds. The molecule has 0 aliphatic carbocycles. The van der Waals surface area contributed by atoms with Gasteiger partial charge in [-0.1, -0.05) is 48.5 Å². The van der Waals surface area contributed by atoms with Gasteiger partial charge < -0.3 is 9.64 Å². The van der Waals surface area contributed by atoms with Crippen LogP contribution in [-0.2, 0) is 10.3 Å². The van der Waals surface area contributed by atoms with Crippen molar-refractivity contribution in [1.29, 1.82) is 0 Å². The number of rotatable bonds is 5. The van der Waals surface area contributed by atoms with Crippen LogP contribution in [-0.4, -0.2) is 48.2 Å². The van der Waals surface area contributed by atoms with Gasteiger partial charge in [-0.2, -0.15) is 0 Å². The van der Waals surface area contributed by atoms with E-state index < -0.39 is 17.5 Å². The van der Waals surface area contributed by atoms with Crippen LogP contribution in [0.2, 0.25) is 0 Å². The summed E-state index contributed by atoms with van der Waals surface area (Å²) in [6.45, 7) is 1.37. The molecule has 0 saturated carbocycles. The van der Waals surface area contributed by atoms with E-state index in [1.807, 2.05) is 0 Å². The van der Waals surface area contributed by atoms with Gasteiger partial charge in [0.2, 0.25) is 0 Å². The molecule has 0 bridgehead atoms. The smallest absolute Gasteiger partial charge is 0.328 e. The van der Waals surface area contributed by atoms with Crippen LogP contribution >= 0.6 is 0 Å². The van der Waals surface area contributed by atoms with E-state index in [0.717, 1.165) is 4.90 Å². The summed E-state index contributed by atoms with van der Waals surface area (Å²) in [7, 11) is 3.07. The predicted octanol–water partition coefficient (Wildman–Crippen LogP) is 2.69. The molecule has 1 unspecified atom stereocenters. The van der Waals surface area contributed by atoms with Crippen molar-refractivity contribution in [1.82, 2.24) is 9.80 Å². The summed E-state index contributed by atoms with van der Waals surface area (Å²) in [4.78, 5) is 40.7. The Balaban J connectivity index is 1.95. The Kier molecular flexibility index (Phi) is 4.50. The Morgan fingerprint density at radius 3 is 2.31 bits per heavy atom. The zero-order valence-corrected chi connectivity index (χ0v) is 14.9. The van der Waals surface area contributed by atoms with Crippen molar-refractivity contribution >= 4 is 17.7 Å². The minimum absolute atomic E-state index is 0.287. The lowest BCUT2D eigenvalue weighted by Gasteiger charge is -2.30. The summed E-state index contributed by atoms with van der Waals surface area (Å²) in [5.74, 6) is -0.219. The molecule has 0 aromatic heterocycles. The first-order valence-electron chi connectivity index (χ1n) is 8.22. The number of nitrogens with zero attached hydrogens (tertiary/aromatic N) is 2. The monoisotopic (exact) mass is 352 g/mol. The third kappa shape index (κ3) is 2.63. The highest BCUT2D eigenvalue weighted by Gasteiger charge is 2.55. The van der Waals surface area contributed by atoms with Crippen molar-refractivity contribution in [2.45, 2.75) is 12.5 Å². The number of carbonyl (C=O) groups is 3. The molecule has 0 spiro atoms. The fraction of sp³-hybridized carbons (Fsp3) is 0.250. The Labute approximate surface area is 152 Å². The van der Waals surface area contributed by atoms with E-state index >= 15 is 0 Å². The first kappa shape index (κ1) is 17.7. The molecule has 1 aliphatic heterocycles. The number of imide groups is 1. The van der Waals surface area contributed by atoms with Crippen molar-refractivity contribution < 1.29 is 19.1 Å². The minimum Gasteiger partial charge on any atom is -0.496 e.